The minimum atomic E-state index is -1.01. The van der Waals surface area contributed by atoms with Crippen LogP contribution in [-0.2, 0) is 5.75 Å². The normalized spacial score (nSPS) is 13.8. The molecule has 1 N–H and O–H groups in total. The zero-order valence-electron chi connectivity index (χ0n) is 12.7. The maximum Gasteiger partial charge on any atom is 0.339 e. The van der Waals surface area contributed by atoms with Gasteiger partial charge in [-0.2, -0.15) is 0 Å². The minimum absolute atomic E-state index is 0.00787. The van der Waals surface area contributed by atoms with Crippen molar-refractivity contribution in [1.29, 1.82) is 0 Å². The van der Waals surface area contributed by atoms with E-state index in [-0.39, 0.29) is 11.5 Å². The SMILES string of the molecule is CN(C(=O)c1ccccc1SCc1occc1C(=O)O)C1CC1. The van der Waals surface area contributed by atoms with Gasteiger partial charge >= 0.3 is 5.97 Å². The highest BCUT2D eigenvalue weighted by Crippen LogP contribution is 2.31. The summed E-state index contributed by atoms with van der Waals surface area (Å²) in [5.41, 5.74) is 0.812. The van der Waals surface area contributed by atoms with Gasteiger partial charge in [-0.3, -0.25) is 4.79 Å². The number of carbonyl (C=O) groups excluding carboxylic acids is 1. The first-order valence-corrected chi connectivity index (χ1v) is 8.35. The average molecular weight is 331 g/mol. The van der Waals surface area contributed by atoms with Crippen LogP contribution in [0.3, 0.4) is 0 Å². The first kappa shape index (κ1) is 15.7. The van der Waals surface area contributed by atoms with Crippen LogP contribution in [0.5, 0.6) is 0 Å². The van der Waals surface area contributed by atoms with Crippen LogP contribution in [0.1, 0.15) is 39.3 Å². The van der Waals surface area contributed by atoms with Crippen LogP contribution in [-0.4, -0.2) is 35.0 Å². The zero-order chi connectivity index (χ0) is 16.4. The highest BCUT2D eigenvalue weighted by Gasteiger charge is 2.31. The number of furan rings is 1. The second-order valence-electron chi connectivity index (χ2n) is 5.49. The molecule has 1 saturated carbocycles. The van der Waals surface area contributed by atoms with E-state index in [0.29, 0.717) is 23.1 Å². The number of amides is 1. The molecule has 0 aliphatic heterocycles. The summed E-state index contributed by atoms with van der Waals surface area (Å²) in [6, 6.07) is 9.19. The van der Waals surface area contributed by atoms with Crippen LogP contribution in [0.2, 0.25) is 0 Å². The molecule has 0 radical (unpaired) electrons. The summed E-state index contributed by atoms with van der Waals surface area (Å²) >= 11 is 1.41. The Morgan fingerprint density at radius 1 is 1.26 bits per heavy atom. The molecule has 3 rings (SSSR count). The molecule has 23 heavy (non-hydrogen) atoms. The molecule has 1 fully saturated rings. The smallest absolute Gasteiger partial charge is 0.339 e. The molecular weight excluding hydrogens is 314 g/mol. The molecule has 120 valence electrons. The molecule has 1 aliphatic rings. The second kappa shape index (κ2) is 6.50. The maximum absolute atomic E-state index is 12.6. The fourth-order valence-corrected chi connectivity index (χ4v) is 3.37. The fraction of sp³-hybridized carbons (Fsp3) is 0.294. The summed E-state index contributed by atoms with van der Waals surface area (Å²) in [5.74, 6) is -0.229. The van der Waals surface area contributed by atoms with Crippen molar-refractivity contribution in [3.8, 4) is 0 Å². The first-order chi connectivity index (χ1) is 11.1. The van der Waals surface area contributed by atoms with Gasteiger partial charge in [-0.05, 0) is 31.0 Å². The van der Waals surface area contributed by atoms with Gasteiger partial charge in [0, 0.05) is 18.0 Å². The van der Waals surface area contributed by atoms with Crippen molar-refractivity contribution < 1.29 is 19.1 Å². The van der Waals surface area contributed by atoms with E-state index in [9.17, 15) is 9.59 Å². The lowest BCUT2D eigenvalue weighted by Gasteiger charge is -2.18. The zero-order valence-corrected chi connectivity index (χ0v) is 13.5. The van der Waals surface area contributed by atoms with Gasteiger partial charge in [0.2, 0.25) is 0 Å². The molecule has 0 atom stereocenters. The standard InChI is InChI=1S/C17H17NO4S/c1-18(11-6-7-11)16(19)13-4-2-3-5-15(13)23-10-14-12(17(20)21)8-9-22-14/h2-5,8-9,11H,6-7,10H2,1H3,(H,20,21). The second-order valence-corrected chi connectivity index (χ2v) is 6.51. The van der Waals surface area contributed by atoms with Crippen molar-refractivity contribution in [2.75, 3.05) is 7.05 Å². The Balaban J connectivity index is 1.76. The Morgan fingerprint density at radius 2 is 2.00 bits per heavy atom. The lowest BCUT2D eigenvalue weighted by molar-refractivity contribution is 0.0694. The number of carboxylic acid groups (broad SMARTS) is 1. The predicted molar refractivity (Wildman–Crippen MR) is 86.8 cm³/mol. The summed E-state index contributed by atoms with van der Waals surface area (Å²) in [4.78, 5) is 26.3. The number of thioether (sulfide) groups is 1. The third-order valence-electron chi connectivity index (χ3n) is 3.87. The van der Waals surface area contributed by atoms with E-state index in [0.717, 1.165) is 17.7 Å². The van der Waals surface area contributed by atoms with Crippen molar-refractivity contribution >= 4 is 23.6 Å². The Kier molecular flexibility index (Phi) is 4.43. The molecule has 6 heteroatoms. The minimum Gasteiger partial charge on any atom is -0.478 e. The average Bonchev–Trinajstić information content (AvgIpc) is 3.29. The molecule has 1 aromatic heterocycles. The van der Waals surface area contributed by atoms with E-state index in [1.54, 1.807) is 4.90 Å². The van der Waals surface area contributed by atoms with Crippen LogP contribution in [0.4, 0.5) is 0 Å². The summed E-state index contributed by atoms with van der Waals surface area (Å²) < 4.78 is 5.25. The Bertz CT molecular complexity index is 736. The number of aromatic carboxylic acids is 1. The van der Waals surface area contributed by atoms with Crippen LogP contribution >= 0.6 is 11.8 Å². The molecule has 0 unspecified atom stereocenters. The van der Waals surface area contributed by atoms with Crippen molar-refractivity contribution in [2.24, 2.45) is 0 Å². The number of nitrogens with zero attached hydrogens (tertiary/aromatic N) is 1. The topological polar surface area (TPSA) is 70.8 Å². The van der Waals surface area contributed by atoms with Crippen molar-refractivity contribution in [3.63, 3.8) is 0 Å². The van der Waals surface area contributed by atoms with Gasteiger partial charge in [0.1, 0.15) is 11.3 Å². The Hall–Kier alpha value is -2.21. The molecule has 1 aliphatic carbocycles. The molecule has 5 nitrogen and oxygen atoms in total. The quantitative estimate of drug-likeness (QED) is 0.820. The van der Waals surface area contributed by atoms with Crippen LogP contribution in [0.25, 0.3) is 0 Å². The highest BCUT2D eigenvalue weighted by atomic mass is 32.2. The van der Waals surface area contributed by atoms with Gasteiger partial charge in [-0.15, -0.1) is 11.8 Å². The lowest BCUT2D eigenvalue weighted by Crippen LogP contribution is -2.29. The van der Waals surface area contributed by atoms with Gasteiger partial charge in [0.25, 0.3) is 5.91 Å². The number of rotatable bonds is 6. The van der Waals surface area contributed by atoms with Gasteiger partial charge in [0.05, 0.1) is 17.6 Å². The van der Waals surface area contributed by atoms with Crippen molar-refractivity contribution in [1.82, 2.24) is 4.90 Å². The number of carboxylic acids is 1. The van der Waals surface area contributed by atoms with Crippen molar-refractivity contribution in [3.05, 3.63) is 53.5 Å². The monoisotopic (exact) mass is 331 g/mol. The van der Waals surface area contributed by atoms with Gasteiger partial charge in [0.15, 0.2) is 0 Å². The number of carbonyl (C=O) groups is 2. The van der Waals surface area contributed by atoms with Gasteiger partial charge < -0.3 is 14.4 Å². The summed E-state index contributed by atoms with van der Waals surface area (Å²) in [6.45, 7) is 0. The van der Waals surface area contributed by atoms with Gasteiger partial charge in [-0.25, -0.2) is 4.79 Å². The Morgan fingerprint density at radius 3 is 2.70 bits per heavy atom. The summed E-state index contributed by atoms with van der Waals surface area (Å²) in [6.07, 6.45) is 3.50. The van der Waals surface area contributed by atoms with E-state index in [2.05, 4.69) is 0 Å². The number of benzene rings is 1. The van der Waals surface area contributed by atoms with E-state index >= 15 is 0 Å². The van der Waals surface area contributed by atoms with Crippen molar-refractivity contribution in [2.45, 2.75) is 29.5 Å². The van der Waals surface area contributed by atoms with E-state index < -0.39 is 5.97 Å². The summed E-state index contributed by atoms with van der Waals surface area (Å²) in [7, 11) is 1.83. The third kappa shape index (κ3) is 3.42. The molecule has 1 amide bonds. The lowest BCUT2D eigenvalue weighted by atomic mass is 10.2. The van der Waals surface area contributed by atoms with Crippen LogP contribution in [0.15, 0.2) is 45.9 Å². The molecule has 1 heterocycles. The van der Waals surface area contributed by atoms with E-state index in [4.69, 9.17) is 9.52 Å². The molecule has 0 spiro atoms. The van der Waals surface area contributed by atoms with E-state index in [1.807, 2.05) is 31.3 Å². The molecule has 0 bridgehead atoms. The maximum atomic E-state index is 12.6. The molecule has 0 saturated heterocycles. The number of hydrogen-bond acceptors (Lipinski definition) is 4. The fourth-order valence-electron chi connectivity index (χ4n) is 2.37. The molecule has 2 aromatic rings. The van der Waals surface area contributed by atoms with Crippen LogP contribution in [0, 0.1) is 0 Å². The predicted octanol–water partition coefficient (Wildman–Crippen LogP) is 3.50. The largest absolute Gasteiger partial charge is 0.478 e. The number of hydrogen-bond donors (Lipinski definition) is 1. The Labute approximate surface area is 138 Å². The molecular formula is C17H17NO4S. The highest BCUT2D eigenvalue weighted by molar-refractivity contribution is 7.98. The van der Waals surface area contributed by atoms with Gasteiger partial charge in [-0.1, -0.05) is 12.1 Å². The first-order valence-electron chi connectivity index (χ1n) is 7.36. The third-order valence-corrected chi connectivity index (χ3v) is 4.94. The summed E-state index contributed by atoms with van der Waals surface area (Å²) in [5, 5.41) is 9.11. The van der Waals surface area contributed by atoms with E-state index in [1.165, 1.54) is 24.1 Å². The molecule has 1 aromatic carbocycles. The van der Waals surface area contributed by atoms with Crippen LogP contribution < -0.4 is 0 Å².